The predicted octanol–water partition coefficient (Wildman–Crippen LogP) is 5.00. The third kappa shape index (κ3) is 4.06. The Morgan fingerprint density at radius 3 is 1.69 bits per heavy atom. The molecule has 0 amide bonds. The first-order chi connectivity index (χ1) is 12.5. The summed E-state index contributed by atoms with van der Waals surface area (Å²) in [4.78, 5) is 0.952. The van der Waals surface area contributed by atoms with E-state index in [-0.39, 0.29) is 17.4 Å². The summed E-state index contributed by atoms with van der Waals surface area (Å²) in [6.07, 6.45) is 0. The van der Waals surface area contributed by atoms with E-state index in [1.807, 2.05) is 24.3 Å². The Kier molecular flexibility index (Phi) is 5.59. The maximum absolute atomic E-state index is 13.3. The van der Waals surface area contributed by atoms with Crippen LogP contribution in [0.4, 0.5) is 8.78 Å². The Morgan fingerprint density at radius 1 is 0.808 bits per heavy atom. The molecule has 0 saturated heterocycles. The first-order valence-corrected chi connectivity index (χ1v) is 9.01. The van der Waals surface area contributed by atoms with E-state index in [1.54, 1.807) is 31.4 Å². The molecule has 3 aromatic rings. The van der Waals surface area contributed by atoms with Gasteiger partial charge >= 0.3 is 0 Å². The van der Waals surface area contributed by atoms with Crippen LogP contribution in [0.1, 0.15) is 11.1 Å². The van der Waals surface area contributed by atoms with E-state index < -0.39 is 5.60 Å². The second-order valence-electron chi connectivity index (χ2n) is 5.84. The van der Waals surface area contributed by atoms with E-state index >= 15 is 0 Å². The highest BCUT2D eigenvalue weighted by Crippen LogP contribution is 2.36. The predicted molar refractivity (Wildman–Crippen MR) is 99.5 cm³/mol. The van der Waals surface area contributed by atoms with Crippen LogP contribution in [0.25, 0.3) is 0 Å². The van der Waals surface area contributed by atoms with Gasteiger partial charge in [0.2, 0.25) is 0 Å². The van der Waals surface area contributed by atoms with Gasteiger partial charge in [-0.05, 0) is 59.7 Å². The minimum absolute atomic E-state index is 0.288. The summed E-state index contributed by atoms with van der Waals surface area (Å²) in [5, 5.41) is 11.4. The fraction of sp³-hybridized carbons (Fsp3) is 0.143. The van der Waals surface area contributed by atoms with Gasteiger partial charge in [-0.3, -0.25) is 0 Å². The minimum atomic E-state index is -1.38. The summed E-state index contributed by atoms with van der Waals surface area (Å²) in [5.41, 5.74) is -0.288. The number of halogens is 2. The zero-order valence-corrected chi connectivity index (χ0v) is 15.0. The quantitative estimate of drug-likeness (QED) is 0.618. The third-order valence-corrected chi connectivity index (χ3v) is 5.32. The van der Waals surface area contributed by atoms with Crippen LogP contribution in [0.3, 0.4) is 0 Å². The van der Waals surface area contributed by atoms with Crippen molar-refractivity contribution >= 4 is 11.8 Å². The standard InChI is InChI=1S/C21H18F2O2S/c1-25-19-10-12-20(13-11-19)26-14-21(24,15-2-6-17(22)7-3-15)16-4-8-18(23)9-5-16/h2-13,24H,14H2,1H3. The van der Waals surface area contributed by atoms with Crippen LogP contribution in [0.2, 0.25) is 0 Å². The van der Waals surface area contributed by atoms with Crippen LogP contribution >= 0.6 is 11.8 Å². The zero-order chi connectivity index (χ0) is 18.6. The Balaban J connectivity index is 1.91. The largest absolute Gasteiger partial charge is 0.497 e. The molecule has 0 aromatic heterocycles. The van der Waals surface area contributed by atoms with Crippen molar-refractivity contribution in [2.24, 2.45) is 0 Å². The molecule has 0 spiro atoms. The molecule has 0 aliphatic heterocycles. The van der Waals surface area contributed by atoms with Gasteiger partial charge in [0.25, 0.3) is 0 Å². The summed E-state index contributed by atoms with van der Waals surface area (Å²) in [6.45, 7) is 0. The van der Waals surface area contributed by atoms with Gasteiger partial charge in [0.05, 0.1) is 7.11 Å². The van der Waals surface area contributed by atoms with Crippen molar-refractivity contribution < 1.29 is 18.6 Å². The summed E-state index contributed by atoms with van der Waals surface area (Å²) in [5.74, 6) is 0.286. The highest BCUT2D eigenvalue weighted by molar-refractivity contribution is 7.99. The SMILES string of the molecule is COc1ccc(SCC(O)(c2ccc(F)cc2)c2ccc(F)cc2)cc1. The van der Waals surface area contributed by atoms with Crippen LogP contribution in [0.5, 0.6) is 5.75 Å². The number of ether oxygens (including phenoxy) is 1. The lowest BCUT2D eigenvalue weighted by Crippen LogP contribution is -2.30. The smallest absolute Gasteiger partial charge is 0.124 e. The molecule has 0 atom stereocenters. The molecule has 0 aliphatic carbocycles. The first kappa shape index (κ1) is 18.4. The van der Waals surface area contributed by atoms with Gasteiger partial charge in [-0.25, -0.2) is 8.78 Å². The number of hydrogen-bond acceptors (Lipinski definition) is 3. The summed E-state index contributed by atoms with van der Waals surface area (Å²) < 4.78 is 31.8. The van der Waals surface area contributed by atoms with Crippen molar-refractivity contribution in [2.45, 2.75) is 10.5 Å². The second kappa shape index (κ2) is 7.89. The van der Waals surface area contributed by atoms with E-state index in [2.05, 4.69) is 0 Å². The van der Waals surface area contributed by atoms with Crippen molar-refractivity contribution in [1.29, 1.82) is 0 Å². The summed E-state index contributed by atoms with van der Waals surface area (Å²) in [7, 11) is 1.60. The first-order valence-electron chi connectivity index (χ1n) is 8.02. The number of methoxy groups -OCH3 is 1. The third-order valence-electron chi connectivity index (χ3n) is 4.15. The molecule has 26 heavy (non-hydrogen) atoms. The molecule has 1 N–H and O–H groups in total. The van der Waals surface area contributed by atoms with Gasteiger partial charge in [0.15, 0.2) is 0 Å². The van der Waals surface area contributed by atoms with Gasteiger partial charge in [-0.2, -0.15) is 0 Å². The molecule has 2 nitrogen and oxygen atoms in total. The minimum Gasteiger partial charge on any atom is -0.497 e. The molecule has 0 bridgehead atoms. The topological polar surface area (TPSA) is 29.5 Å². The Morgan fingerprint density at radius 2 is 1.27 bits per heavy atom. The molecule has 0 fully saturated rings. The maximum atomic E-state index is 13.3. The van der Waals surface area contributed by atoms with Gasteiger partial charge in [0, 0.05) is 10.6 Å². The molecular formula is C21H18F2O2S. The van der Waals surface area contributed by atoms with Gasteiger partial charge in [-0.15, -0.1) is 11.8 Å². The van der Waals surface area contributed by atoms with Crippen LogP contribution in [-0.2, 0) is 5.60 Å². The van der Waals surface area contributed by atoms with Gasteiger partial charge in [0.1, 0.15) is 23.0 Å². The second-order valence-corrected chi connectivity index (χ2v) is 6.89. The molecule has 0 heterocycles. The van der Waals surface area contributed by atoms with E-state index in [0.29, 0.717) is 11.1 Å². The molecule has 3 aromatic carbocycles. The number of thioether (sulfide) groups is 1. The molecule has 5 heteroatoms. The van der Waals surface area contributed by atoms with Gasteiger partial charge < -0.3 is 9.84 Å². The molecule has 3 rings (SSSR count). The van der Waals surface area contributed by atoms with Crippen LogP contribution in [0, 0.1) is 11.6 Å². The fourth-order valence-corrected chi connectivity index (χ4v) is 3.68. The summed E-state index contributed by atoms with van der Waals surface area (Å²) in [6, 6.07) is 18.9. The van der Waals surface area contributed by atoms with Crippen molar-refractivity contribution in [3.05, 3.63) is 95.6 Å². The van der Waals surface area contributed by atoms with Crippen molar-refractivity contribution in [3.8, 4) is 5.75 Å². The van der Waals surface area contributed by atoms with Crippen molar-refractivity contribution in [2.75, 3.05) is 12.9 Å². The molecule has 0 aliphatic rings. The normalized spacial score (nSPS) is 11.4. The Bertz CT molecular complexity index is 801. The van der Waals surface area contributed by atoms with Crippen molar-refractivity contribution in [1.82, 2.24) is 0 Å². The molecular weight excluding hydrogens is 354 g/mol. The fourth-order valence-electron chi connectivity index (χ4n) is 2.64. The number of hydrogen-bond donors (Lipinski definition) is 1. The van der Waals surface area contributed by atoms with E-state index in [4.69, 9.17) is 4.74 Å². The average Bonchev–Trinajstić information content (AvgIpc) is 2.67. The lowest BCUT2D eigenvalue weighted by molar-refractivity contribution is 0.107. The van der Waals surface area contributed by atoms with Gasteiger partial charge in [-0.1, -0.05) is 24.3 Å². The maximum Gasteiger partial charge on any atom is 0.124 e. The number of rotatable bonds is 6. The lowest BCUT2D eigenvalue weighted by atomic mass is 9.88. The average molecular weight is 372 g/mol. The number of benzene rings is 3. The molecule has 0 radical (unpaired) electrons. The number of aliphatic hydroxyl groups is 1. The highest BCUT2D eigenvalue weighted by Gasteiger charge is 2.32. The van der Waals surface area contributed by atoms with E-state index in [0.717, 1.165) is 10.6 Å². The van der Waals surface area contributed by atoms with Crippen LogP contribution < -0.4 is 4.74 Å². The molecule has 0 unspecified atom stereocenters. The van der Waals surface area contributed by atoms with Crippen LogP contribution in [-0.4, -0.2) is 18.0 Å². The zero-order valence-electron chi connectivity index (χ0n) is 14.2. The van der Waals surface area contributed by atoms with E-state index in [9.17, 15) is 13.9 Å². The van der Waals surface area contributed by atoms with E-state index in [1.165, 1.54) is 36.0 Å². The Labute approximate surface area is 155 Å². The lowest BCUT2D eigenvalue weighted by Gasteiger charge is -2.29. The summed E-state index contributed by atoms with van der Waals surface area (Å²) >= 11 is 1.45. The molecule has 134 valence electrons. The van der Waals surface area contributed by atoms with Crippen molar-refractivity contribution in [3.63, 3.8) is 0 Å². The highest BCUT2D eigenvalue weighted by atomic mass is 32.2. The van der Waals surface area contributed by atoms with Crippen LogP contribution in [0.15, 0.2) is 77.7 Å². The monoisotopic (exact) mass is 372 g/mol. The molecule has 0 saturated carbocycles. The Hall–Kier alpha value is -2.37.